The van der Waals surface area contributed by atoms with Gasteiger partial charge < -0.3 is 10.1 Å². The second-order valence-corrected chi connectivity index (χ2v) is 7.16. The van der Waals surface area contributed by atoms with E-state index >= 15 is 0 Å². The van der Waals surface area contributed by atoms with Crippen LogP contribution in [0.2, 0.25) is 0 Å². The summed E-state index contributed by atoms with van der Waals surface area (Å²) in [5.74, 6) is -8.20. The standard InChI is InChI=1S/C10H17F2NO5S/c1-5-18-8(15)10(11,12)7(14)13-6-9(2,3)19(4,16)17/h5-6H2,1-4H3,(H,13,14). The molecule has 0 heterocycles. The summed E-state index contributed by atoms with van der Waals surface area (Å²) < 4.78 is 51.7. The Labute approximate surface area is 110 Å². The predicted molar refractivity (Wildman–Crippen MR) is 63.5 cm³/mol. The molecule has 1 N–H and O–H groups in total. The van der Waals surface area contributed by atoms with E-state index in [0.29, 0.717) is 0 Å². The third-order valence-electron chi connectivity index (χ3n) is 2.50. The molecule has 112 valence electrons. The molecule has 0 aliphatic rings. The van der Waals surface area contributed by atoms with Gasteiger partial charge in [0, 0.05) is 12.8 Å². The normalized spacial score (nSPS) is 12.9. The Kier molecular flexibility index (Phi) is 5.42. The highest BCUT2D eigenvalue weighted by atomic mass is 32.2. The van der Waals surface area contributed by atoms with Crippen LogP contribution in [0.4, 0.5) is 8.78 Å². The van der Waals surface area contributed by atoms with Gasteiger partial charge in [-0.15, -0.1) is 0 Å². The average molecular weight is 301 g/mol. The molecule has 0 aliphatic carbocycles. The topological polar surface area (TPSA) is 89.5 Å². The summed E-state index contributed by atoms with van der Waals surface area (Å²) >= 11 is 0. The van der Waals surface area contributed by atoms with E-state index in [4.69, 9.17) is 0 Å². The van der Waals surface area contributed by atoms with Crippen LogP contribution >= 0.6 is 0 Å². The summed E-state index contributed by atoms with van der Waals surface area (Å²) in [6.45, 7) is 3.02. The smallest absolute Gasteiger partial charge is 0.418 e. The lowest BCUT2D eigenvalue weighted by atomic mass is 10.2. The lowest BCUT2D eigenvalue weighted by molar-refractivity contribution is -0.177. The molecule has 0 atom stereocenters. The quantitative estimate of drug-likeness (QED) is 0.556. The van der Waals surface area contributed by atoms with Crippen LogP contribution in [0.5, 0.6) is 0 Å². The number of esters is 1. The second kappa shape index (κ2) is 5.81. The molecule has 0 spiro atoms. The molecule has 0 fully saturated rings. The van der Waals surface area contributed by atoms with Crippen molar-refractivity contribution < 1.29 is 31.5 Å². The van der Waals surface area contributed by atoms with Gasteiger partial charge in [0.25, 0.3) is 0 Å². The number of halogens is 2. The molecule has 6 nitrogen and oxygen atoms in total. The van der Waals surface area contributed by atoms with E-state index in [1.807, 2.05) is 0 Å². The number of hydrogen-bond acceptors (Lipinski definition) is 5. The van der Waals surface area contributed by atoms with Crippen LogP contribution < -0.4 is 5.32 Å². The van der Waals surface area contributed by atoms with E-state index in [0.717, 1.165) is 6.26 Å². The monoisotopic (exact) mass is 301 g/mol. The molecule has 0 unspecified atom stereocenters. The van der Waals surface area contributed by atoms with Gasteiger partial charge in [-0.3, -0.25) is 4.79 Å². The van der Waals surface area contributed by atoms with Gasteiger partial charge in [0.2, 0.25) is 0 Å². The number of sulfone groups is 1. The van der Waals surface area contributed by atoms with Crippen LogP contribution in [0.25, 0.3) is 0 Å². The highest BCUT2D eigenvalue weighted by Gasteiger charge is 2.49. The summed E-state index contributed by atoms with van der Waals surface area (Å²) in [6, 6.07) is 0. The molecule has 0 radical (unpaired) electrons. The Balaban J connectivity index is 4.77. The van der Waals surface area contributed by atoms with Crippen molar-refractivity contribution in [3.8, 4) is 0 Å². The Morgan fingerprint density at radius 3 is 2.11 bits per heavy atom. The van der Waals surface area contributed by atoms with Gasteiger partial charge in [-0.2, -0.15) is 8.78 Å². The SMILES string of the molecule is CCOC(=O)C(F)(F)C(=O)NCC(C)(C)S(C)(=O)=O. The van der Waals surface area contributed by atoms with Gasteiger partial charge in [0.05, 0.1) is 11.4 Å². The fourth-order valence-electron chi connectivity index (χ4n) is 0.850. The molecule has 1 amide bonds. The zero-order valence-corrected chi connectivity index (χ0v) is 11.9. The second-order valence-electron chi connectivity index (χ2n) is 4.51. The predicted octanol–water partition coefficient (Wildman–Crippen LogP) is 0.124. The average Bonchev–Trinajstić information content (AvgIpc) is 2.24. The van der Waals surface area contributed by atoms with Gasteiger partial charge in [0.15, 0.2) is 9.84 Å². The van der Waals surface area contributed by atoms with Crippen molar-refractivity contribution >= 4 is 21.7 Å². The Morgan fingerprint density at radius 2 is 1.74 bits per heavy atom. The van der Waals surface area contributed by atoms with Crippen molar-refractivity contribution in [2.24, 2.45) is 0 Å². The number of carbonyl (C=O) groups excluding carboxylic acids is 2. The molecule has 0 saturated heterocycles. The maximum absolute atomic E-state index is 13.2. The molecule has 0 bridgehead atoms. The molecule has 0 aromatic carbocycles. The van der Waals surface area contributed by atoms with E-state index < -0.39 is 38.9 Å². The van der Waals surface area contributed by atoms with Gasteiger partial charge in [0.1, 0.15) is 0 Å². The summed E-state index contributed by atoms with van der Waals surface area (Å²) in [5.41, 5.74) is 0. The van der Waals surface area contributed by atoms with Crippen LogP contribution in [0, 0.1) is 0 Å². The van der Waals surface area contributed by atoms with Crippen molar-refractivity contribution in [3.05, 3.63) is 0 Å². The Morgan fingerprint density at radius 1 is 1.26 bits per heavy atom. The summed E-state index contributed by atoms with van der Waals surface area (Å²) in [7, 11) is -3.55. The largest absolute Gasteiger partial charge is 0.461 e. The first-order valence-electron chi connectivity index (χ1n) is 5.39. The molecule has 0 saturated carbocycles. The summed E-state index contributed by atoms with van der Waals surface area (Å²) in [4.78, 5) is 22.1. The molecular formula is C10H17F2NO5S. The van der Waals surface area contributed by atoms with Crippen LogP contribution in [0.3, 0.4) is 0 Å². The number of amides is 1. The Bertz CT molecular complexity index is 459. The minimum absolute atomic E-state index is 0.295. The van der Waals surface area contributed by atoms with E-state index in [9.17, 15) is 26.8 Å². The van der Waals surface area contributed by atoms with Crippen LogP contribution in [0.15, 0.2) is 0 Å². The maximum Gasteiger partial charge on any atom is 0.418 e. The number of alkyl halides is 2. The third kappa shape index (κ3) is 4.41. The van der Waals surface area contributed by atoms with Crippen molar-refractivity contribution in [2.45, 2.75) is 31.4 Å². The molecule has 0 rings (SSSR count). The maximum atomic E-state index is 13.2. The van der Waals surface area contributed by atoms with E-state index in [2.05, 4.69) is 4.74 Å². The minimum Gasteiger partial charge on any atom is -0.461 e. The molecule has 0 aliphatic heterocycles. The molecule has 0 aromatic rings. The van der Waals surface area contributed by atoms with Crippen molar-refractivity contribution in [3.63, 3.8) is 0 Å². The molecular weight excluding hydrogens is 284 g/mol. The van der Waals surface area contributed by atoms with Crippen LogP contribution in [-0.2, 0) is 24.2 Å². The lowest BCUT2D eigenvalue weighted by Gasteiger charge is -2.23. The Hall–Kier alpha value is -1.25. The summed E-state index contributed by atoms with van der Waals surface area (Å²) in [6.07, 6.45) is 0.919. The lowest BCUT2D eigenvalue weighted by Crippen LogP contribution is -2.51. The van der Waals surface area contributed by atoms with Gasteiger partial charge >= 0.3 is 17.8 Å². The zero-order valence-electron chi connectivity index (χ0n) is 11.1. The molecule has 9 heteroatoms. The van der Waals surface area contributed by atoms with Crippen LogP contribution in [-0.4, -0.2) is 50.4 Å². The van der Waals surface area contributed by atoms with Gasteiger partial charge in [-0.05, 0) is 20.8 Å². The number of carbonyl (C=O) groups is 2. The minimum atomic E-state index is -4.34. The fraction of sp³-hybridized carbons (Fsp3) is 0.800. The zero-order chi connectivity index (χ0) is 15.5. The third-order valence-corrected chi connectivity index (χ3v) is 4.65. The number of nitrogens with one attached hydrogen (secondary N) is 1. The van der Waals surface area contributed by atoms with Crippen molar-refractivity contribution in [1.82, 2.24) is 5.32 Å². The molecule has 19 heavy (non-hydrogen) atoms. The van der Waals surface area contributed by atoms with Gasteiger partial charge in [-0.1, -0.05) is 0 Å². The fourth-order valence-corrected chi connectivity index (χ4v) is 1.18. The first kappa shape index (κ1) is 17.8. The van der Waals surface area contributed by atoms with E-state index in [1.54, 1.807) is 5.32 Å². The van der Waals surface area contributed by atoms with Gasteiger partial charge in [-0.25, -0.2) is 13.2 Å². The molecule has 0 aromatic heterocycles. The van der Waals surface area contributed by atoms with Crippen molar-refractivity contribution in [1.29, 1.82) is 0 Å². The summed E-state index contributed by atoms with van der Waals surface area (Å²) in [5, 5.41) is 1.74. The highest BCUT2D eigenvalue weighted by molar-refractivity contribution is 7.92. The highest BCUT2D eigenvalue weighted by Crippen LogP contribution is 2.18. The number of rotatable bonds is 6. The van der Waals surface area contributed by atoms with E-state index in [1.165, 1.54) is 20.8 Å². The first-order valence-corrected chi connectivity index (χ1v) is 7.28. The number of hydrogen-bond donors (Lipinski definition) is 1. The van der Waals surface area contributed by atoms with Crippen LogP contribution in [0.1, 0.15) is 20.8 Å². The first-order chi connectivity index (χ1) is 8.36. The van der Waals surface area contributed by atoms with Crippen molar-refractivity contribution in [2.75, 3.05) is 19.4 Å². The van der Waals surface area contributed by atoms with E-state index in [-0.39, 0.29) is 6.61 Å². The number of ether oxygens (including phenoxy) is 1.